The molecule has 4 heteroatoms. The topological polar surface area (TPSA) is 50.9 Å². The fourth-order valence-corrected chi connectivity index (χ4v) is 3.22. The molecular weight excluding hydrogens is 218 g/mol. The summed E-state index contributed by atoms with van der Waals surface area (Å²) in [5, 5.41) is 4.79. The van der Waals surface area contributed by atoms with Crippen molar-refractivity contribution in [2.24, 2.45) is 11.7 Å². The Hall–Kier alpha value is -0.450. The van der Waals surface area contributed by atoms with Gasteiger partial charge in [-0.05, 0) is 32.2 Å². The Labute approximate surface area is 101 Å². The van der Waals surface area contributed by atoms with Crippen LogP contribution < -0.4 is 11.1 Å². The molecular formula is C12H21N3S. The van der Waals surface area contributed by atoms with Crippen LogP contribution in [-0.4, -0.2) is 17.6 Å². The van der Waals surface area contributed by atoms with Gasteiger partial charge in [-0.3, -0.25) is 0 Å². The van der Waals surface area contributed by atoms with Gasteiger partial charge in [0.15, 0.2) is 0 Å². The van der Waals surface area contributed by atoms with Crippen molar-refractivity contribution in [3.8, 4) is 0 Å². The molecule has 0 spiro atoms. The van der Waals surface area contributed by atoms with Crippen LogP contribution in [0.25, 0.3) is 0 Å². The van der Waals surface area contributed by atoms with Gasteiger partial charge in [-0.1, -0.05) is 12.8 Å². The predicted molar refractivity (Wildman–Crippen MR) is 68.5 cm³/mol. The van der Waals surface area contributed by atoms with Gasteiger partial charge >= 0.3 is 0 Å². The van der Waals surface area contributed by atoms with Gasteiger partial charge in [0.25, 0.3) is 0 Å². The van der Waals surface area contributed by atoms with E-state index < -0.39 is 0 Å². The monoisotopic (exact) mass is 239 g/mol. The van der Waals surface area contributed by atoms with E-state index in [0.29, 0.717) is 12.0 Å². The molecule has 1 heterocycles. The maximum Gasteiger partial charge on any atom is 0.0897 e. The van der Waals surface area contributed by atoms with Gasteiger partial charge in [-0.15, -0.1) is 11.3 Å². The number of nitrogens with two attached hydrogens (primary N) is 1. The Balaban J connectivity index is 1.84. The normalized spacial score (nSPS) is 25.9. The molecule has 0 aromatic carbocycles. The van der Waals surface area contributed by atoms with E-state index in [1.165, 1.54) is 30.6 Å². The highest BCUT2D eigenvalue weighted by Crippen LogP contribution is 2.24. The summed E-state index contributed by atoms with van der Waals surface area (Å²) in [5.74, 6) is 0.669. The van der Waals surface area contributed by atoms with Crippen molar-refractivity contribution in [2.75, 3.05) is 6.54 Å². The van der Waals surface area contributed by atoms with Crippen LogP contribution >= 0.6 is 11.3 Å². The van der Waals surface area contributed by atoms with E-state index in [0.717, 1.165) is 18.1 Å². The Bertz CT molecular complexity index is 324. The molecule has 0 radical (unpaired) electrons. The van der Waals surface area contributed by atoms with Gasteiger partial charge in [-0.2, -0.15) is 0 Å². The summed E-state index contributed by atoms with van der Waals surface area (Å²) in [5.41, 5.74) is 5.82. The van der Waals surface area contributed by atoms with Crippen molar-refractivity contribution in [1.29, 1.82) is 0 Å². The lowest BCUT2D eigenvalue weighted by Crippen LogP contribution is -2.41. The molecule has 0 bridgehead atoms. The molecule has 1 fully saturated rings. The molecule has 90 valence electrons. The van der Waals surface area contributed by atoms with Gasteiger partial charge in [0.1, 0.15) is 0 Å². The molecule has 1 aromatic rings. The van der Waals surface area contributed by atoms with E-state index in [1.54, 1.807) is 11.3 Å². The SMILES string of the molecule is Cc1ncc(CNC2CCCCC2CN)s1. The first-order valence-corrected chi connectivity index (χ1v) is 6.96. The fraction of sp³-hybridized carbons (Fsp3) is 0.750. The van der Waals surface area contributed by atoms with Crippen molar-refractivity contribution in [1.82, 2.24) is 10.3 Å². The van der Waals surface area contributed by atoms with Crippen LogP contribution in [0.2, 0.25) is 0 Å². The van der Waals surface area contributed by atoms with Crippen molar-refractivity contribution in [3.05, 3.63) is 16.1 Å². The molecule has 1 aliphatic rings. The zero-order chi connectivity index (χ0) is 11.4. The zero-order valence-corrected chi connectivity index (χ0v) is 10.7. The minimum Gasteiger partial charge on any atom is -0.330 e. The zero-order valence-electron chi connectivity index (χ0n) is 9.91. The molecule has 3 N–H and O–H groups in total. The Morgan fingerprint density at radius 3 is 3.00 bits per heavy atom. The highest BCUT2D eigenvalue weighted by molar-refractivity contribution is 7.11. The van der Waals surface area contributed by atoms with Crippen molar-refractivity contribution in [3.63, 3.8) is 0 Å². The van der Waals surface area contributed by atoms with Crippen molar-refractivity contribution in [2.45, 2.75) is 45.2 Å². The smallest absolute Gasteiger partial charge is 0.0897 e. The Morgan fingerprint density at radius 1 is 1.50 bits per heavy atom. The van der Waals surface area contributed by atoms with Gasteiger partial charge < -0.3 is 11.1 Å². The minimum atomic E-state index is 0.612. The van der Waals surface area contributed by atoms with Crippen LogP contribution in [0.15, 0.2) is 6.20 Å². The predicted octanol–water partition coefficient (Wildman–Crippen LogP) is 2.06. The molecule has 1 saturated carbocycles. The maximum atomic E-state index is 5.82. The van der Waals surface area contributed by atoms with Crippen LogP contribution in [-0.2, 0) is 6.54 Å². The summed E-state index contributed by atoms with van der Waals surface area (Å²) in [6, 6.07) is 0.612. The van der Waals surface area contributed by atoms with Gasteiger partial charge in [0, 0.05) is 23.7 Å². The second kappa shape index (κ2) is 5.75. The van der Waals surface area contributed by atoms with E-state index in [1.807, 2.05) is 6.20 Å². The minimum absolute atomic E-state index is 0.612. The highest BCUT2D eigenvalue weighted by atomic mass is 32.1. The first-order valence-electron chi connectivity index (χ1n) is 6.14. The lowest BCUT2D eigenvalue weighted by Gasteiger charge is -2.31. The van der Waals surface area contributed by atoms with Crippen LogP contribution in [0.1, 0.15) is 35.6 Å². The molecule has 2 atom stereocenters. The number of aryl methyl sites for hydroxylation is 1. The first-order chi connectivity index (χ1) is 7.79. The average molecular weight is 239 g/mol. The van der Waals surface area contributed by atoms with Gasteiger partial charge in [0.2, 0.25) is 0 Å². The molecule has 0 amide bonds. The van der Waals surface area contributed by atoms with Crippen molar-refractivity contribution < 1.29 is 0 Å². The standard InChI is InChI=1S/C12H21N3S/c1-9-14-7-11(16-9)8-15-12-5-3-2-4-10(12)6-13/h7,10,12,15H,2-6,8,13H2,1H3. The lowest BCUT2D eigenvalue weighted by molar-refractivity contribution is 0.267. The van der Waals surface area contributed by atoms with Crippen molar-refractivity contribution >= 4 is 11.3 Å². The summed E-state index contributed by atoms with van der Waals surface area (Å²) < 4.78 is 0. The first kappa shape index (κ1) is 12.0. The van der Waals surface area contributed by atoms with Crippen LogP contribution in [0.3, 0.4) is 0 Å². The van der Waals surface area contributed by atoms with Crippen LogP contribution in [0.4, 0.5) is 0 Å². The fourth-order valence-electron chi connectivity index (χ4n) is 2.48. The number of hydrogen-bond donors (Lipinski definition) is 2. The molecule has 2 unspecified atom stereocenters. The Kier molecular flexibility index (Phi) is 4.32. The van der Waals surface area contributed by atoms with E-state index in [9.17, 15) is 0 Å². The number of rotatable bonds is 4. The third kappa shape index (κ3) is 3.03. The summed E-state index contributed by atoms with van der Waals surface area (Å²) in [6.07, 6.45) is 7.23. The molecule has 3 nitrogen and oxygen atoms in total. The van der Waals surface area contributed by atoms with E-state index in [4.69, 9.17) is 5.73 Å². The maximum absolute atomic E-state index is 5.82. The quantitative estimate of drug-likeness (QED) is 0.845. The second-order valence-electron chi connectivity index (χ2n) is 4.61. The van der Waals surface area contributed by atoms with Gasteiger partial charge in [-0.25, -0.2) is 4.98 Å². The molecule has 0 saturated heterocycles. The summed E-state index contributed by atoms with van der Waals surface area (Å²) in [4.78, 5) is 5.61. The summed E-state index contributed by atoms with van der Waals surface area (Å²) >= 11 is 1.78. The largest absolute Gasteiger partial charge is 0.330 e. The lowest BCUT2D eigenvalue weighted by atomic mass is 9.84. The molecule has 0 aliphatic heterocycles. The molecule has 1 aromatic heterocycles. The second-order valence-corrected chi connectivity index (χ2v) is 5.93. The third-order valence-electron chi connectivity index (χ3n) is 3.42. The molecule has 1 aliphatic carbocycles. The number of nitrogens with zero attached hydrogens (tertiary/aromatic N) is 1. The number of hydrogen-bond acceptors (Lipinski definition) is 4. The summed E-state index contributed by atoms with van der Waals surface area (Å²) in [7, 11) is 0. The van der Waals surface area contributed by atoms with Crippen LogP contribution in [0.5, 0.6) is 0 Å². The number of thiazole rings is 1. The average Bonchev–Trinajstić information content (AvgIpc) is 2.73. The van der Waals surface area contributed by atoms with E-state index in [2.05, 4.69) is 17.2 Å². The number of nitrogens with one attached hydrogen (secondary N) is 1. The number of aromatic nitrogens is 1. The van der Waals surface area contributed by atoms with E-state index >= 15 is 0 Å². The molecule has 16 heavy (non-hydrogen) atoms. The highest BCUT2D eigenvalue weighted by Gasteiger charge is 2.23. The summed E-state index contributed by atoms with van der Waals surface area (Å²) in [6.45, 7) is 3.82. The van der Waals surface area contributed by atoms with Gasteiger partial charge in [0.05, 0.1) is 5.01 Å². The Morgan fingerprint density at radius 2 is 2.31 bits per heavy atom. The third-order valence-corrected chi connectivity index (χ3v) is 4.33. The van der Waals surface area contributed by atoms with E-state index in [-0.39, 0.29) is 0 Å². The van der Waals surface area contributed by atoms with Crippen LogP contribution in [0, 0.1) is 12.8 Å². The molecule has 2 rings (SSSR count).